The van der Waals surface area contributed by atoms with Gasteiger partial charge in [0.2, 0.25) is 6.08 Å². The second-order valence-electron chi connectivity index (χ2n) is 3.06. The summed E-state index contributed by atoms with van der Waals surface area (Å²) in [5.74, 6) is -0.989. The van der Waals surface area contributed by atoms with Crippen molar-refractivity contribution in [2.45, 2.75) is 39.6 Å². The molecule has 0 heterocycles. The summed E-state index contributed by atoms with van der Waals surface area (Å²) >= 11 is 0. The Morgan fingerprint density at radius 2 is 1.56 bits per heavy atom. The Balaban J connectivity index is 4.27. The Morgan fingerprint density at radius 1 is 1.06 bits per heavy atom. The van der Waals surface area contributed by atoms with Gasteiger partial charge in [0.25, 0.3) is 5.97 Å². The van der Waals surface area contributed by atoms with Gasteiger partial charge < -0.3 is 14.2 Å². The zero-order chi connectivity index (χ0) is 12.3. The Hall–Kier alpha value is -0.740. The van der Waals surface area contributed by atoms with Crippen LogP contribution in [0.3, 0.4) is 0 Å². The molecule has 0 rings (SSSR count). The third-order valence-electron chi connectivity index (χ3n) is 1.91. The van der Waals surface area contributed by atoms with E-state index in [0.717, 1.165) is 0 Å². The molecule has 0 aromatic heterocycles. The van der Waals surface area contributed by atoms with Gasteiger partial charge >= 0.3 is 0 Å². The molecule has 0 N–H and O–H groups in total. The number of nitrogens with zero attached hydrogens (tertiary/aromatic N) is 1. The zero-order valence-electron chi connectivity index (χ0n) is 10.3. The maximum absolute atomic E-state index is 9.92. The Morgan fingerprint density at radius 3 is 1.94 bits per heavy atom. The highest BCUT2D eigenvalue weighted by Gasteiger charge is 2.31. The summed E-state index contributed by atoms with van der Waals surface area (Å²) in [4.78, 5) is 13.4. The molecular formula is C11H21NO4. The maximum atomic E-state index is 9.92. The Bertz CT molecular complexity index is 197. The van der Waals surface area contributed by atoms with Gasteiger partial charge in [0.15, 0.2) is 0 Å². The summed E-state index contributed by atoms with van der Waals surface area (Å²) in [6.45, 7) is 7.60. The molecule has 0 radical (unpaired) electrons. The molecule has 0 aromatic rings. The summed E-state index contributed by atoms with van der Waals surface area (Å²) in [6.07, 6.45) is 2.71. The van der Waals surface area contributed by atoms with Crippen LogP contribution in [-0.4, -0.2) is 38.4 Å². The molecule has 0 aliphatic heterocycles. The molecule has 5 heteroatoms. The molecule has 0 unspecified atom stereocenters. The van der Waals surface area contributed by atoms with Crippen LogP contribution in [0.1, 0.15) is 33.6 Å². The summed E-state index contributed by atoms with van der Waals surface area (Å²) in [5.41, 5.74) is 0. The van der Waals surface area contributed by atoms with Gasteiger partial charge in [0.05, 0.1) is 6.54 Å². The van der Waals surface area contributed by atoms with Gasteiger partial charge in [0.1, 0.15) is 0 Å². The summed E-state index contributed by atoms with van der Waals surface area (Å²) < 4.78 is 16.5. The van der Waals surface area contributed by atoms with E-state index in [1.807, 2.05) is 20.8 Å². The van der Waals surface area contributed by atoms with Gasteiger partial charge in [-0.25, -0.2) is 9.79 Å². The number of isocyanates is 1. The highest BCUT2D eigenvalue weighted by Crippen LogP contribution is 2.22. The molecule has 0 aromatic carbocycles. The van der Waals surface area contributed by atoms with E-state index in [-0.39, 0.29) is 0 Å². The van der Waals surface area contributed by atoms with Crippen LogP contribution >= 0.6 is 0 Å². The van der Waals surface area contributed by atoms with Crippen LogP contribution < -0.4 is 0 Å². The maximum Gasteiger partial charge on any atom is 0.282 e. The van der Waals surface area contributed by atoms with Gasteiger partial charge in [0, 0.05) is 26.2 Å². The lowest BCUT2D eigenvalue weighted by molar-refractivity contribution is -0.379. The van der Waals surface area contributed by atoms with Crippen molar-refractivity contribution in [3.8, 4) is 0 Å². The van der Waals surface area contributed by atoms with E-state index < -0.39 is 5.97 Å². The average Bonchev–Trinajstić information content (AvgIpc) is 2.26. The van der Waals surface area contributed by atoms with E-state index in [4.69, 9.17) is 14.2 Å². The van der Waals surface area contributed by atoms with Gasteiger partial charge in [-0.2, -0.15) is 0 Å². The first-order valence-electron chi connectivity index (χ1n) is 5.70. The molecule has 0 amide bonds. The molecule has 0 saturated carbocycles. The summed E-state index contributed by atoms with van der Waals surface area (Å²) in [6, 6.07) is 0. The molecule has 0 fully saturated rings. The fourth-order valence-corrected chi connectivity index (χ4v) is 1.42. The Kier molecular flexibility index (Phi) is 9.04. The minimum Gasteiger partial charge on any atom is -0.328 e. The van der Waals surface area contributed by atoms with Gasteiger partial charge in [-0.3, -0.25) is 0 Å². The number of hydrogen-bond donors (Lipinski definition) is 0. The SMILES string of the molecule is CCOC(CCCN=C=O)(OCC)OCC. The van der Waals surface area contributed by atoms with Crippen LogP contribution in [0.4, 0.5) is 0 Å². The van der Waals surface area contributed by atoms with Crippen molar-refractivity contribution >= 4 is 6.08 Å². The summed E-state index contributed by atoms with van der Waals surface area (Å²) in [5, 5.41) is 0. The van der Waals surface area contributed by atoms with E-state index in [1.165, 1.54) is 6.08 Å². The first-order valence-corrected chi connectivity index (χ1v) is 5.70. The van der Waals surface area contributed by atoms with Gasteiger partial charge in [-0.05, 0) is 27.2 Å². The number of hydrogen-bond acceptors (Lipinski definition) is 5. The topological polar surface area (TPSA) is 57.1 Å². The van der Waals surface area contributed by atoms with E-state index >= 15 is 0 Å². The second kappa shape index (κ2) is 9.48. The third kappa shape index (κ3) is 5.98. The molecule has 94 valence electrons. The van der Waals surface area contributed by atoms with E-state index in [0.29, 0.717) is 39.2 Å². The van der Waals surface area contributed by atoms with Crippen molar-refractivity contribution in [1.29, 1.82) is 0 Å². The number of carbonyl (C=O) groups excluding carboxylic acids is 1. The quantitative estimate of drug-likeness (QED) is 0.249. The molecule has 0 bridgehead atoms. The Labute approximate surface area is 96.8 Å². The van der Waals surface area contributed by atoms with E-state index in [2.05, 4.69) is 4.99 Å². The standard InChI is InChI=1S/C11H21NO4/c1-4-14-11(15-5-2,16-6-3)8-7-9-12-10-13/h4-9H2,1-3H3. The van der Waals surface area contributed by atoms with Crippen molar-refractivity contribution in [2.75, 3.05) is 26.4 Å². The molecule has 5 nitrogen and oxygen atoms in total. The van der Waals surface area contributed by atoms with Crippen LogP contribution in [0.5, 0.6) is 0 Å². The van der Waals surface area contributed by atoms with Crippen LogP contribution in [0.15, 0.2) is 4.99 Å². The average molecular weight is 231 g/mol. The van der Waals surface area contributed by atoms with Crippen LogP contribution in [0.2, 0.25) is 0 Å². The van der Waals surface area contributed by atoms with E-state index in [9.17, 15) is 4.79 Å². The van der Waals surface area contributed by atoms with Gasteiger partial charge in [-0.15, -0.1) is 0 Å². The van der Waals surface area contributed by atoms with Crippen LogP contribution in [0.25, 0.3) is 0 Å². The lowest BCUT2D eigenvalue weighted by Gasteiger charge is -2.32. The largest absolute Gasteiger partial charge is 0.328 e. The van der Waals surface area contributed by atoms with E-state index in [1.54, 1.807) is 0 Å². The smallest absolute Gasteiger partial charge is 0.282 e. The van der Waals surface area contributed by atoms with Gasteiger partial charge in [-0.1, -0.05) is 0 Å². The summed E-state index contributed by atoms with van der Waals surface area (Å²) in [7, 11) is 0. The molecule has 16 heavy (non-hydrogen) atoms. The van der Waals surface area contributed by atoms with Crippen molar-refractivity contribution in [3.05, 3.63) is 0 Å². The van der Waals surface area contributed by atoms with Crippen LogP contribution in [0, 0.1) is 0 Å². The first-order chi connectivity index (χ1) is 7.74. The fourth-order valence-electron chi connectivity index (χ4n) is 1.42. The molecular weight excluding hydrogens is 210 g/mol. The number of ether oxygens (including phenoxy) is 3. The predicted molar refractivity (Wildman–Crippen MR) is 59.8 cm³/mol. The van der Waals surface area contributed by atoms with Crippen molar-refractivity contribution < 1.29 is 19.0 Å². The number of rotatable bonds is 10. The van der Waals surface area contributed by atoms with Crippen molar-refractivity contribution in [2.24, 2.45) is 4.99 Å². The van der Waals surface area contributed by atoms with Crippen molar-refractivity contribution in [3.63, 3.8) is 0 Å². The lowest BCUT2D eigenvalue weighted by atomic mass is 10.2. The lowest BCUT2D eigenvalue weighted by Crippen LogP contribution is -2.39. The molecule has 0 atom stereocenters. The minimum absolute atomic E-state index is 0.415. The first kappa shape index (κ1) is 15.3. The third-order valence-corrected chi connectivity index (χ3v) is 1.91. The van der Waals surface area contributed by atoms with Crippen molar-refractivity contribution in [1.82, 2.24) is 0 Å². The zero-order valence-corrected chi connectivity index (χ0v) is 10.3. The number of aliphatic imine (C=N–C) groups is 1. The monoisotopic (exact) mass is 231 g/mol. The predicted octanol–water partition coefficient (Wildman–Crippen LogP) is 1.87. The molecule has 0 spiro atoms. The van der Waals surface area contributed by atoms with Crippen LogP contribution in [-0.2, 0) is 19.0 Å². The highest BCUT2D eigenvalue weighted by molar-refractivity contribution is 5.32. The molecule has 0 aliphatic rings. The fraction of sp³-hybridized carbons (Fsp3) is 0.909. The normalized spacial score (nSPS) is 11.2. The minimum atomic E-state index is -0.989. The second-order valence-corrected chi connectivity index (χ2v) is 3.06. The molecule has 0 aliphatic carbocycles. The molecule has 0 saturated heterocycles. The highest BCUT2D eigenvalue weighted by atomic mass is 16.9.